The van der Waals surface area contributed by atoms with Crippen LogP contribution in [0.4, 0.5) is 5.69 Å². The van der Waals surface area contributed by atoms with Crippen LogP contribution in [-0.2, 0) is 15.8 Å². The largest absolute Gasteiger partial charge is 0.322 e. The molecule has 144 valence electrons. The van der Waals surface area contributed by atoms with Crippen LogP contribution in [0.25, 0.3) is 0 Å². The van der Waals surface area contributed by atoms with Crippen molar-refractivity contribution in [2.45, 2.75) is 31.9 Å². The van der Waals surface area contributed by atoms with Crippen molar-refractivity contribution in [2.75, 3.05) is 18.4 Å². The molecule has 2 aromatic carbocycles. The summed E-state index contributed by atoms with van der Waals surface area (Å²) >= 11 is 5.93. The van der Waals surface area contributed by atoms with E-state index in [9.17, 15) is 13.2 Å². The molecule has 1 aliphatic heterocycles. The Morgan fingerprint density at radius 3 is 2.37 bits per heavy atom. The second-order valence-corrected chi connectivity index (χ2v) is 9.23. The summed E-state index contributed by atoms with van der Waals surface area (Å²) in [5.74, 6) is -0.281. The first-order valence-corrected chi connectivity index (χ1v) is 11.0. The van der Waals surface area contributed by atoms with Gasteiger partial charge in [0, 0.05) is 29.4 Å². The third-order valence-electron chi connectivity index (χ3n) is 4.71. The van der Waals surface area contributed by atoms with E-state index in [1.165, 1.54) is 0 Å². The van der Waals surface area contributed by atoms with Crippen LogP contribution in [0.3, 0.4) is 0 Å². The van der Waals surface area contributed by atoms with Gasteiger partial charge in [-0.25, -0.2) is 12.7 Å². The van der Waals surface area contributed by atoms with Crippen LogP contribution < -0.4 is 5.32 Å². The molecule has 2 aromatic rings. The van der Waals surface area contributed by atoms with Gasteiger partial charge in [-0.2, -0.15) is 0 Å². The Morgan fingerprint density at radius 1 is 1.07 bits per heavy atom. The van der Waals surface area contributed by atoms with Gasteiger partial charge in [-0.1, -0.05) is 30.2 Å². The Morgan fingerprint density at radius 2 is 1.74 bits per heavy atom. The van der Waals surface area contributed by atoms with Crippen LogP contribution in [0.1, 0.15) is 40.7 Å². The van der Waals surface area contributed by atoms with E-state index < -0.39 is 10.0 Å². The van der Waals surface area contributed by atoms with Crippen LogP contribution in [0, 0.1) is 6.92 Å². The second kappa shape index (κ2) is 8.42. The molecule has 7 heteroatoms. The minimum absolute atomic E-state index is 0.0365. The average molecular weight is 407 g/mol. The van der Waals surface area contributed by atoms with Gasteiger partial charge >= 0.3 is 0 Å². The van der Waals surface area contributed by atoms with E-state index in [0.29, 0.717) is 34.9 Å². The maximum absolute atomic E-state index is 12.5. The normalized spacial score (nSPS) is 15.5. The highest BCUT2D eigenvalue weighted by atomic mass is 35.5. The fourth-order valence-electron chi connectivity index (χ4n) is 3.16. The van der Waals surface area contributed by atoms with E-state index in [0.717, 1.165) is 24.8 Å². The second-order valence-electron chi connectivity index (χ2n) is 6.83. The number of hydrogen-bond acceptors (Lipinski definition) is 3. The van der Waals surface area contributed by atoms with Gasteiger partial charge in [0.1, 0.15) is 0 Å². The minimum Gasteiger partial charge on any atom is -0.322 e. The summed E-state index contributed by atoms with van der Waals surface area (Å²) in [6.45, 7) is 3.07. The Labute approximate surface area is 165 Å². The van der Waals surface area contributed by atoms with Crippen LogP contribution in [0.5, 0.6) is 0 Å². The molecule has 0 radical (unpaired) electrons. The quantitative estimate of drug-likeness (QED) is 0.808. The first-order chi connectivity index (χ1) is 12.8. The van der Waals surface area contributed by atoms with Crippen LogP contribution in [0.15, 0.2) is 42.5 Å². The number of piperidine rings is 1. The number of nitrogens with zero attached hydrogens (tertiary/aromatic N) is 1. The van der Waals surface area contributed by atoms with E-state index in [-0.39, 0.29) is 11.7 Å². The molecule has 0 aliphatic carbocycles. The molecule has 1 aliphatic rings. The molecule has 0 spiro atoms. The molecular weight excluding hydrogens is 384 g/mol. The minimum atomic E-state index is -3.31. The topological polar surface area (TPSA) is 66.5 Å². The fourth-order valence-corrected chi connectivity index (χ4v) is 5.00. The lowest BCUT2D eigenvalue weighted by atomic mass is 10.1. The van der Waals surface area contributed by atoms with Crippen molar-refractivity contribution >= 4 is 33.2 Å². The van der Waals surface area contributed by atoms with Gasteiger partial charge in [0.05, 0.1) is 5.75 Å². The number of nitrogens with one attached hydrogen (secondary N) is 1. The van der Waals surface area contributed by atoms with E-state index in [4.69, 9.17) is 11.6 Å². The number of carbonyl (C=O) groups excluding carboxylic acids is 1. The van der Waals surface area contributed by atoms with Crippen LogP contribution >= 0.6 is 11.6 Å². The third-order valence-corrected chi connectivity index (χ3v) is 6.80. The van der Waals surface area contributed by atoms with Crippen LogP contribution in [0.2, 0.25) is 5.02 Å². The molecule has 0 atom stereocenters. The zero-order chi connectivity index (χ0) is 19.4. The third kappa shape index (κ3) is 5.09. The van der Waals surface area contributed by atoms with Crippen LogP contribution in [-0.4, -0.2) is 31.7 Å². The van der Waals surface area contributed by atoms with Crippen molar-refractivity contribution in [2.24, 2.45) is 0 Å². The highest BCUT2D eigenvalue weighted by Crippen LogP contribution is 2.21. The van der Waals surface area contributed by atoms with E-state index in [1.807, 2.05) is 6.92 Å². The predicted octanol–water partition coefficient (Wildman–Crippen LogP) is 4.22. The molecule has 1 amide bonds. The summed E-state index contributed by atoms with van der Waals surface area (Å²) in [4.78, 5) is 12.4. The van der Waals surface area contributed by atoms with Gasteiger partial charge in [-0.3, -0.25) is 4.79 Å². The molecular formula is C20H23ClN2O3S. The van der Waals surface area contributed by atoms with Crippen molar-refractivity contribution in [3.05, 3.63) is 64.2 Å². The Kier molecular flexibility index (Phi) is 6.19. The van der Waals surface area contributed by atoms with Crippen molar-refractivity contribution in [1.29, 1.82) is 0 Å². The number of sulfonamides is 1. The number of amides is 1. The smallest absolute Gasteiger partial charge is 0.255 e. The first kappa shape index (κ1) is 19.9. The lowest BCUT2D eigenvalue weighted by molar-refractivity contribution is 0.102. The summed E-state index contributed by atoms with van der Waals surface area (Å²) in [6.07, 6.45) is 2.92. The Bertz CT molecular complexity index is 921. The van der Waals surface area contributed by atoms with Crippen molar-refractivity contribution in [1.82, 2.24) is 4.31 Å². The summed E-state index contributed by atoms with van der Waals surface area (Å²) in [5, 5.41) is 3.46. The monoisotopic (exact) mass is 406 g/mol. The average Bonchev–Trinajstić information content (AvgIpc) is 2.65. The van der Waals surface area contributed by atoms with Gasteiger partial charge in [-0.05, 0) is 61.2 Å². The van der Waals surface area contributed by atoms with Gasteiger partial charge in [0.25, 0.3) is 5.91 Å². The van der Waals surface area contributed by atoms with Gasteiger partial charge in [-0.15, -0.1) is 0 Å². The number of carbonyl (C=O) groups is 1. The highest BCUT2D eigenvalue weighted by Gasteiger charge is 2.24. The van der Waals surface area contributed by atoms with E-state index in [1.54, 1.807) is 46.8 Å². The van der Waals surface area contributed by atoms with E-state index in [2.05, 4.69) is 5.32 Å². The molecule has 1 fully saturated rings. The maximum Gasteiger partial charge on any atom is 0.255 e. The van der Waals surface area contributed by atoms with Gasteiger partial charge in [0.2, 0.25) is 10.0 Å². The SMILES string of the molecule is Cc1cc(Cl)ccc1NC(=O)c1ccc(CS(=O)(=O)N2CCCCC2)cc1. The lowest BCUT2D eigenvalue weighted by Crippen LogP contribution is -2.36. The molecule has 27 heavy (non-hydrogen) atoms. The summed E-state index contributed by atoms with van der Waals surface area (Å²) in [6, 6.07) is 12.0. The molecule has 3 rings (SSSR count). The summed E-state index contributed by atoms with van der Waals surface area (Å²) in [7, 11) is -3.31. The standard InChI is InChI=1S/C20H23ClN2O3S/c1-15-13-18(21)9-10-19(15)22-20(24)17-7-5-16(6-8-17)14-27(25,26)23-11-3-2-4-12-23/h5-10,13H,2-4,11-12,14H2,1H3,(H,22,24). The van der Waals surface area contributed by atoms with E-state index >= 15 is 0 Å². The summed E-state index contributed by atoms with van der Waals surface area (Å²) < 4.78 is 26.6. The van der Waals surface area contributed by atoms with Crippen molar-refractivity contribution < 1.29 is 13.2 Å². The highest BCUT2D eigenvalue weighted by molar-refractivity contribution is 7.88. The zero-order valence-electron chi connectivity index (χ0n) is 15.2. The molecule has 0 aromatic heterocycles. The Balaban J connectivity index is 1.66. The lowest BCUT2D eigenvalue weighted by Gasteiger charge is -2.25. The van der Waals surface area contributed by atoms with Gasteiger partial charge < -0.3 is 5.32 Å². The zero-order valence-corrected chi connectivity index (χ0v) is 16.8. The molecule has 0 unspecified atom stereocenters. The van der Waals surface area contributed by atoms with Crippen molar-refractivity contribution in [3.8, 4) is 0 Å². The number of halogens is 1. The number of aryl methyl sites for hydroxylation is 1. The summed E-state index contributed by atoms with van der Waals surface area (Å²) in [5.41, 5.74) is 2.73. The molecule has 0 bridgehead atoms. The number of anilines is 1. The fraction of sp³-hybridized carbons (Fsp3) is 0.350. The number of benzene rings is 2. The predicted molar refractivity (Wildman–Crippen MR) is 109 cm³/mol. The number of rotatable bonds is 5. The molecule has 5 nitrogen and oxygen atoms in total. The molecule has 1 saturated heterocycles. The van der Waals surface area contributed by atoms with Gasteiger partial charge in [0.15, 0.2) is 0 Å². The number of hydrogen-bond donors (Lipinski definition) is 1. The van der Waals surface area contributed by atoms with Crippen molar-refractivity contribution in [3.63, 3.8) is 0 Å². The maximum atomic E-state index is 12.5. The molecule has 0 saturated carbocycles. The molecule has 1 N–H and O–H groups in total. The Hall–Kier alpha value is -1.89. The first-order valence-electron chi connectivity index (χ1n) is 8.99. The molecule has 1 heterocycles.